The number of hydrogen-bond donors (Lipinski definition) is 2. The van der Waals surface area contributed by atoms with Gasteiger partial charge >= 0.3 is 0 Å². The molecule has 0 saturated carbocycles. The van der Waals surface area contributed by atoms with Gasteiger partial charge in [0.1, 0.15) is 0 Å². The summed E-state index contributed by atoms with van der Waals surface area (Å²) in [6.45, 7) is 16.2. The molecule has 0 bridgehead atoms. The summed E-state index contributed by atoms with van der Waals surface area (Å²) in [5, 5.41) is 7.10. The summed E-state index contributed by atoms with van der Waals surface area (Å²) in [5.74, 6) is 2.38. The lowest BCUT2D eigenvalue weighted by Gasteiger charge is -2.35. The maximum absolute atomic E-state index is 5.51. The summed E-state index contributed by atoms with van der Waals surface area (Å²) in [5.41, 5.74) is 0. The van der Waals surface area contributed by atoms with Gasteiger partial charge in [-0.05, 0) is 37.8 Å². The fraction of sp³-hybridized carbons (Fsp3) is 0.947. The Bertz CT molecular complexity index is 401. The Morgan fingerprint density at radius 3 is 2.50 bits per heavy atom. The first-order chi connectivity index (χ1) is 12.1. The predicted molar refractivity (Wildman–Crippen MR) is 121 cm³/mol. The number of nitrogens with zero attached hydrogens (tertiary/aromatic N) is 3. The molecule has 2 N–H and O–H groups in total. The summed E-state index contributed by atoms with van der Waals surface area (Å²) < 4.78 is 5.51. The number of guanidine groups is 1. The Hall–Kier alpha value is -0.120. The van der Waals surface area contributed by atoms with Crippen molar-refractivity contribution in [3.05, 3.63) is 0 Å². The van der Waals surface area contributed by atoms with E-state index in [-0.39, 0.29) is 24.0 Å². The molecule has 2 heterocycles. The molecular formula is C19H40IN5O. The van der Waals surface area contributed by atoms with Crippen LogP contribution in [-0.2, 0) is 4.74 Å². The third kappa shape index (κ3) is 8.27. The maximum Gasteiger partial charge on any atom is 0.191 e. The Balaban J connectivity index is 0.00000338. The molecule has 26 heavy (non-hydrogen) atoms. The molecule has 0 amide bonds. The van der Waals surface area contributed by atoms with Gasteiger partial charge in [-0.1, -0.05) is 20.8 Å². The summed E-state index contributed by atoms with van der Waals surface area (Å²) in [7, 11) is 1.87. The van der Waals surface area contributed by atoms with E-state index in [2.05, 4.69) is 46.2 Å². The van der Waals surface area contributed by atoms with Crippen molar-refractivity contribution in [1.29, 1.82) is 0 Å². The number of morpholine rings is 1. The number of hydrogen-bond acceptors (Lipinski definition) is 4. The van der Waals surface area contributed by atoms with E-state index in [4.69, 9.17) is 4.74 Å². The Morgan fingerprint density at radius 1 is 1.19 bits per heavy atom. The smallest absolute Gasteiger partial charge is 0.191 e. The fourth-order valence-corrected chi connectivity index (χ4v) is 3.89. The van der Waals surface area contributed by atoms with Crippen LogP contribution in [0.3, 0.4) is 0 Å². The molecule has 2 rings (SSSR count). The number of nitrogens with one attached hydrogen (secondary N) is 2. The molecule has 2 unspecified atom stereocenters. The van der Waals surface area contributed by atoms with Crippen LogP contribution < -0.4 is 10.6 Å². The molecule has 0 spiro atoms. The highest BCUT2D eigenvalue weighted by molar-refractivity contribution is 14.0. The first-order valence-electron chi connectivity index (χ1n) is 10.1. The van der Waals surface area contributed by atoms with Crippen LogP contribution in [0.4, 0.5) is 0 Å². The highest BCUT2D eigenvalue weighted by atomic mass is 127. The second-order valence-corrected chi connectivity index (χ2v) is 7.81. The first kappa shape index (κ1) is 23.9. The molecule has 7 heteroatoms. The Labute approximate surface area is 177 Å². The molecule has 0 aromatic heterocycles. The third-order valence-electron chi connectivity index (χ3n) is 5.41. The van der Waals surface area contributed by atoms with E-state index in [0.717, 1.165) is 51.3 Å². The fourth-order valence-electron chi connectivity index (χ4n) is 3.89. The minimum absolute atomic E-state index is 0. The zero-order valence-electron chi connectivity index (χ0n) is 17.2. The van der Waals surface area contributed by atoms with Crippen molar-refractivity contribution in [3.8, 4) is 0 Å². The van der Waals surface area contributed by atoms with Crippen LogP contribution >= 0.6 is 24.0 Å². The van der Waals surface area contributed by atoms with E-state index in [1.165, 1.54) is 32.5 Å². The molecule has 2 aliphatic rings. The zero-order valence-corrected chi connectivity index (χ0v) is 19.5. The zero-order chi connectivity index (χ0) is 18.1. The van der Waals surface area contributed by atoms with Gasteiger partial charge in [0.05, 0.1) is 13.2 Å². The molecule has 2 aliphatic heterocycles. The predicted octanol–water partition coefficient (Wildman–Crippen LogP) is 1.86. The van der Waals surface area contributed by atoms with Crippen LogP contribution in [0.1, 0.15) is 33.6 Å². The quantitative estimate of drug-likeness (QED) is 0.315. The van der Waals surface area contributed by atoms with Gasteiger partial charge in [0.2, 0.25) is 0 Å². The molecule has 154 valence electrons. The van der Waals surface area contributed by atoms with Crippen molar-refractivity contribution in [2.75, 3.05) is 66.1 Å². The molecule has 2 saturated heterocycles. The van der Waals surface area contributed by atoms with E-state index >= 15 is 0 Å². The SMILES string of the molecule is CCN1CCC(CNC(=NC)NCC(CC(C)C)N2CCOCC2)C1.I. The van der Waals surface area contributed by atoms with E-state index in [0.29, 0.717) is 12.0 Å². The number of aliphatic imine (C=N–C) groups is 1. The average molecular weight is 481 g/mol. The van der Waals surface area contributed by atoms with Gasteiger partial charge in [0, 0.05) is 45.8 Å². The first-order valence-corrected chi connectivity index (χ1v) is 10.1. The van der Waals surface area contributed by atoms with Crippen LogP contribution in [0.2, 0.25) is 0 Å². The summed E-state index contributed by atoms with van der Waals surface area (Å²) in [6.07, 6.45) is 2.50. The average Bonchev–Trinajstić information content (AvgIpc) is 3.09. The van der Waals surface area contributed by atoms with Gasteiger partial charge < -0.3 is 20.3 Å². The van der Waals surface area contributed by atoms with Gasteiger partial charge in [-0.3, -0.25) is 9.89 Å². The van der Waals surface area contributed by atoms with Crippen molar-refractivity contribution in [1.82, 2.24) is 20.4 Å². The van der Waals surface area contributed by atoms with Gasteiger partial charge in [0.25, 0.3) is 0 Å². The molecule has 2 fully saturated rings. The van der Waals surface area contributed by atoms with Crippen molar-refractivity contribution in [2.45, 2.75) is 39.7 Å². The molecule has 0 radical (unpaired) electrons. The van der Waals surface area contributed by atoms with Gasteiger partial charge in [-0.15, -0.1) is 24.0 Å². The number of halogens is 1. The standard InChI is InChI=1S/C19H39N5O.HI/c1-5-23-7-6-17(15-23)13-21-19(20-4)22-14-18(12-16(2)3)24-8-10-25-11-9-24;/h16-18H,5-15H2,1-4H3,(H2,20,21,22);1H. The minimum Gasteiger partial charge on any atom is -0.379 e. The van der Waals surface area contributed by atoms with Gasteiger partial charge in [-0.2, -0.15) is 0 Å². The van der Waals surface area contributed by atoms with Crippen LogP contribution in [0.5, 0.6) is 0 Å². The van der Waals surface area contributed by atoms with Crippen LogP contribution in [0, 0.1) is 11.8 Å². The molecule has 6 nitrogen and oxygen atoms in total. The van der Waals surface area contributed by atoms with Crippen molar-refractivity contribution >= 4 is 29.9 Å². The van der Waals surface area contributed by atoms with Crippen LogP contribution in [-0.4, -0.2) is 87.9 Å². The second-order valence-electron chi connectivity index (χ2n) is 7.81. The summed E-state index contributed by atoms with van der Waals surface area (Å²) >= 11 is 0. The topological polar surface area (TPSA) is 52.1 Å². The monoisotopic (exact) mass is 481 g/mol. The van der Waals surface area contributed by atoms with Crippen LogP contribution in [0.25, 0.3) is 0 Å². The molecule has 0 aromatic rings. The van der Waals surface area contributed by atoms with E-state index in [9.17, 15) is 0 Å². The Kier molecular flexibility index (Phi) is 12.1. The van der Waals surface area contributed by atoms with E-state index in [1.54, 1.807) is 0 Å². The van der Waals surface area contributed by atoms with Crippen molar-refractivity contribution in [3.63, 3.8) is 0 Å². The van der Waals surface area contributed by atoms with Crippen molar-refractivity contribution < 1.29 is 4.74 Å². The molecule has 0 aliphatic carbocycles. The lowest BCUT2D eigenvalue weighted by Crippen LogP contribution is -2.51. The van der Waals surface area contributed by atoms with Crippen molar-refractivity contribution in [2.24, 2.45) is 16.8 Å². The van der Waals surface area contributed by atoms with E-state index in [1.807, 2.05) is 7.05 Å². The highest BCUT2D eigenvalue weighted by Crippen LogP contribution is 2.15. The summed E-state index contributed by atoms with van der Waals surface area (Å²) in [6, 6.07) is 0.546. The Morgan fingerprint density at radius 2 is 1.92 bits per heavy atom. The third-order valence-corrected chi connectivity index (χ3v) is 5.41. The van der Waals surface area contributed by atoms with E-state index < -0.39 is 0 Å². The maximum atomic E-state index is 5.51. The molecular weight excluding hydrogens is 441 g/mol. The minimum atomic E-state index is 0. The van der Waals surface area contributed by atoms with Gasteiger partial charge in [0.15, 0.2) is 5.96 Å². The summed E-state index contributed by atoms with van der Waals surface area (Å²) in [4.78, 5) is 9.52. The number of rotatable bonds is 8. The highest BCUT2D eigenvalue weighted by Gasteiger charge is 2.23. The van der Waals surface area contributed by atoms with Crippen LogP contribution in [0.15, 0.2) is 4.99 Å². The molecule has 0 aromatic carbocycles. The molecule has 2 atom stereocenters. The van der Waals surface area contributed by atoms with Gasteiger partial charge in [-0.25, -0.2) is 0 Å². The number of ether oxygens (including phenoxy) is 1. The largest absolute Gasteiger partial charge is 0.379 e. The second kappa shape index (κ2) is 13.1. The lowest BCUT2D eigenvalue weighted by molar-refractivity contribution is 0.0132. The normalized spacial score (nSPS) is 23.7. The lowest BCUT2D eigenvalue weighted by atomic mass is 10.0. The number of likely N-dealkylation sites (tertiary alicyclic amines) is 1.